The van der Waals surface area contributed by atoms with E-state index in [0.717, 1.165) is 11.1 Å². The van der Waals surface area contributed by atoms with Crippen molar-refractivity contribution in [3.8, 4) is 0 Å². The zero-order valence-electron chi connectivity index (χ0n) is 9.97. The first-order valence-electron chi connectivity index (χ1n) is 5.47. The molecule has 1 aromatic carbocycles. The Morgan fingerprint density at radius 3 is 2.27 bits per heavy atom. The van der Waals surface area contributed by atoms with Gasteiger partial charge in [-0.25, -0.2) is 4.39 Å². The quantitative estimate of drug-likeness (QED) is 0.812. The van der Waals surface area contributed by atoms with Crippen molar-refractivity contribution in [2.24, 2.45) is 5.73 Å². The molecule has 0 amide bonds. The predicted molar refractivity (Wildman–Crippen MR) is 62.7 cm³/mol. The molecule has 0 radical (unpaired) electrons. The molecular formula is C13H20FN. The fraction of sp³-hybridized carbons (Fsp3) is 0.538. The molecule has 0 aliphatic carbocycles. The van der Waals surface area contributed by atoms with Crippen LogP contribution < -0.4 is 5.73 Å². The van der Waals surface area contributed by atoms with Gasteiger partial charge in [0, 0.05) is 0 Å². The van der Waals surface area contributed by atoms with Crippen LogP contribution in [-0.4, -0.2) is 6.54 Å². The van der Waals surface area contributed by atoms with Gasteiger partial charge in [-0.15, -0.1) is 0 Å². The Bertz CT molecular complexity index is 345. The van der Waals surface area contributed by atoms with E-state index in [-0.39, 0.29) is 11.7 Å². The lowest BCUT2D eigenvalue weighted by Gasteiger charge is -2.16. The van der Waals surface area contributed by atoms with Gasteiger partial charge in [0.25, 0.3) is 0 Å². The van der Waals surface area contributed by atoms with E-state index in [4.69, 9.17) is 5.73 Å². The summed E-state index contributed by atoms with van der Waals surface area (Å²) in [5, 5.41) is 0. The van der Waals surface area contributed by atoms with Crippen LogP contribution in [0.25, 0.3) is 0 Å². The van der Waals surface area contributed by atoms with Crippen LogP contribution in [0.3, 0.4) is 0 Å². The maximum absolute atomic E-state index is 13.6. The van der Waals surface area contributed by atoms with Crippen LogP contribution in [0, 0.1) is 12.7 Å². The summed E-state index contributed by atoms with van der Waals surface area (Å²) in [4.78, 5) is 0. The number of rotatable bonds is 3. The molecule has 0 aliphatic heterocycles. The summed E-state index contributed by atoms with van der Waals surface area (Å²) in [6.45, 7) is 8.62. The maximum atomic E-state index is 13.6. The molecule has 1 nitrogen and oxygen atoms in total. The molecule has 84 valence electrons. The highest BCUT2D eigenvalue weighted by atomic mass is 19.1. The Labute approximate surface area is 91.5 Å². The first kappa shape index (κ1) is 12.2. The Hall–Kier alpha value is -0.890. The van der Waals surface area contributed by atoms with Gasteiger partial charge in [-0.1, -0.05) is 26.8 Å². The van der Waals surface area contributed by atoms with Crippen molar-refractivity contribution in [2.45, 2.75) is 39.5 Å². The molecule has 15 heavy (non-hydrogen) atoms. The van der Waals surface area contributed by atoms with Gasteiger partial charge < -0.3 is 5.73 Å². The zero-order chi connectivity index (χ0) is 11.6. The molecule has 1 aromatic rings. The normalized spacial score (nSPS) is 13.3. The summed E-state index contributed by atoms with van der Waals surface area (Å²) in [5.41, 5.74) is 8.60. The smallest absolute Gasteiger partial charge is 0.126 e. The summed E-state index contributed by atoms with van der Waals surface area (Å²) in [6.07, 6.45) is 0. The lowest BCUT2D eigenvalue weighted by Crippen LogP contribution is -2.11. The van der Waals surface area contributed by atoms with Gasteiger partial charge in [0.15, 0.2) is 0 Å². The van der Waals surface area contributed by atoms with Crippen molar-refractivity contribution in [2.75, 3.05) is 6.54 Å². The van der Waals surface area contributed by atoms with Gasteiger partial charge in [0.05, 0.1) is 0 Å². The van der Waals surface area contributed by atoms with E-state index in [1.54, 1.807) is 6.07 Å². The Morgan fingerprint density at radius 1 is 1.20 bits per heavy atom. The molecule has 0 aromatic heterocycles. The second-order valence-electron chi connectivity index (χ2n) is 4.52. The minimum atomic E-state index is -0.101. The number of hydrogen-bond donors (Lipinski definition) is 1. The third-order valence-electron chi connectivity index (χ3n) is 2.89. The maximum Gasteiger partial charge on any atom is 0.126 e. The molecule has 0 fully saturated rings. The van der Waals surface area contributed by atoms with Crippen molar-refractivity contribution in [1.82, 2.24) is 0 Å². The summed E-state index contributed by atoms with van der Waals surface area (Å²) in [7, 11) is 0. The lowest BCUT2D eigenvalue weighted by atomic mass is 9.91. The van der Waals surface area contributed by atoms with E-state index in [0.29, 0.717) is 12.5 Å². The van der Waals surface area contributed by atoms with E-state index >= 15 is 0 Å². The first-order chi connectivity index (χ1) is 6.97. The third kappa shape index (κ3) is 2.57. The van der Waals surface area contributed by atoms with Crippen molar-refractivity contribution in [1.29, 1.82) is 0 Å². The molecule has 2 N–H and O–H groups in total. The monoisotopic (exact) mass is 209 g/mol. The standard InChI is InChI=1S/C13H20FN/c1-8(2)11-6-12(10(4)7-15)9(3)5-13(11)14/h5-6,8,10H,7,15H2,1-4H3. The fourth-order valence-corrected chi connectivity index (χ4v) is 1.81. The Morgan fingerprint density at radius 2 is 1.80 bits per heavy atom. The van der Waals surface area contributed by atoms with E-state index in [9.17, 15) is 4.39 Å². The van der Waals surface area contributed by atoms with Gasteiger partial charge in [-0.3, -0.25) is 0 Å². The molecule has 0 bridgehead atoms. The highest BCUT2D eigenvalue weighted by molar-refractivity contribution is 5.36. The van der Waals surface area contributed by atoms with E-state index in [1.807, 2.05) is 26.8 Å². The van der Waals surface area contributed by atoms with Crippen LogP contribution in [0.4, 0.5) is 4.39 Å². The number of benzene rings is 1. The first-order valence-corrected chi connectivity index (χ1v) is 5.47. The average Bonchev–Trinajstić information content (AvgIpc) is 2.16. The van der Waals surface area contributed by atoms with Gasteiger partial charge in [0.2, 0.25) is 0 Å². The molecule has 0 saturated heterocycles. The van der Waals surface area contributed by atoms with Crippen LogP contribution >= 0.6 is 0 Å². The molecule has 0 saturated carbocycles. The van der Waals surface area contributed by atoms with Gasteiger partial charge >= 0.3 is 0 Å². The molecule has 1 atom stereocenters. The topological polar surface area (TPSA) is 26.0 Å². The van der Waals surface area contributed by atoms with Gasteiger partial charge in [-0.05, 0) is 48.1 Å². The SMILES string of the molecule is Cc1cc(F)c(C(C)C)cc1C(C)CN. The lowest BCUT2D eigenvalue weighted by molar-refractivity contribution is 0.594. The van der Waals surface area contributed by atoms with E-state index in [2.05, 4.69) is 6.92 Å². The number of halogens is 1. The van der Waals surface area contributed by atoms with Crippen LogP contribution in [0.2, 0.25) is 0 Å². The molecule has 0 aliphatic rings. The number of hydrogen-bond acceptors (Lipinski definition) is 1. The summed E-state index contributed by atoms with van der Waals surface area (Å²) < 4.78 is 13.6. The molecule has 0 spiro atoms. The van der Waals surface area contributed by atoms with Crippen LogP contribution in [0.15, 0.2) is 12.1 Å². The zero-order valence-corrected chi connectivity index (χ0v) is 9.97. The highest BCUT2D eigenvalue weighted by Crippen LogP contribution is 2.26. The van der Waals surface area contributed by atoms with Gasteiger partial charge in [0.1, 0.15) is 5.82 Å². The van der Waals surface area contributed by atoms with Crippen molar-refractivity contribution in [3.05, 3.63) is 34.6 Å². The van der Waals surface area contributed by atoms with Crippen LogP contribution in [0.1, 0.15) is 49.3 Å². The van der Waals surface area contributed by atoms with Crippen LogP contribution in [-0.2, 0) is 0 Å². The Balaban J connectivity index is 3.23. The number of aryl methyl sites for hydroxylation is 1. The van der Waals surface area contributed by atoms with Crippen LogP contribution in [0.5, 0.6) is 0 Å². The minimum Gasteiger partial charge on any atom is -0.330 e. The second-order valence-corrected chi connectivity index (χ2v) is 4.52. The van der Waals surface area contributed by atoms with Gasteiger partial charge in [-0.2, -0.15) is 0 Å². The molecule has 1 rings (SSSR count). The van der Waals surface area contributed by atoms with Crippen molar-refractivity contribution in [3.63, 3.8) is 0 Å². The van der Waals surface area contributed by atoms with Crippen molar-refractivity contribution >= 4 is 0 Å². The molecule has 0 heterocycles. The minimum absolute atomic E-state index is 0.101. The average molecular weight is 209 g/mol. The Kier molecular flexibility index (Phi) is 3.86. The molecular weight excluding hydrogens is 189 g/mol. The van der Waals surface area contributed by atoms with E-state index < -0.39 is 0 Å². The fourth-order valence-electron chi connectivity index (χ4n) is 1.81. The third-order valence-corrected chi connectivity index (χ3v) is 2.89. The predicted octanol–water partition coefficient (Wildman–Crippen LogP) is 3.32. The van der Waals surface area contributed by atoms with E-state index in [1.165, 1.54) is 5.56 Å². The summed E-state index contributed by atoms with van der Waals surface area (Å²) >= 11 is 0. The molecule has 2 heteroatoms. The largest absolute Gasteiger partial charge is 0.330 e. The highest BCUT2D eigenvalue weighted by Gasteiger charge is 2.13. The summed E-state index contributed by atoms with van der Waals surface area (Å²) in [5.74, 6) is 0.410. The van der Waals surface area contributed by atoms with Crippen molar-refractivity contribution < 1.29 is 4.39 Å². The number of nitrogens with two attached hydrogens (primary N) is 1. The molecule has 1 unspecified atom stereocenters. The summed E-state index contributed by atoms with van der Waals surface area (Å²) in [6, 6.07) is 3.59. The second kappa shape index (κ2) is 4.75.